The summed E-state index contributed by atoms with van der Waals surface area (Å²) in [7, 11) is 1.86. The second-order valence-electron chi connectivity index (χ2n) is 4.79. The number of ether oxygens (including phenoxy) is 1. The average molecular weight is 249 g/mol. The molecule has 0 spiro atoms. The quantitative estimate of drug-likeness (QED) is 0.891. The first-order chi connectivity index (χ1) is 8.58. The second-order valence-corrected chi connectivity index (χ2v) is 4.79. The van der Waals surface area contributed by atoms with Gasteiger partial charge in [0.05, 0.1) is 0 Å². The molecule has 1 aliphatic heterocycles. The molecule has 18 heavy (non-hydrogen) atoms. The highest BCUT2D eigenvalue weighted by Crippen LogP contribution is 2.33. The fourth-order valence-electron chi connectivity index (χ4n) is 2.57. The molecule has 0 unspecified atom stereocenters. The lowest BCUT2D eigenvalue weighted by Crippen LogP contribution is -2.56. The molecule has 98 valence electrons. The predicted octanol–water partition coefficient (Wildman–Crippen LogP) is 2.07. The van der Waals surface area contributed by atoms with Gasteiger partial charge in [-0.1, -0.05) is 18.2 Å². The number of anilines is 1. The van der Waals surface area contributed by atoms with Crippen LogP contribution in [0.1, 0.15) is 18.4 Å². The van der Waals surface area contributed by atoms with Gasteiger partial charge in [-0.3, -0.25) is 0 Å². The third-order valence-electron chi connectivity index (χ3n) is 3.84. The predicted molar refractivity (Wildman–Crippen MR) is 70.0 cm³/mol. The number of hydrogen-bond donors (Lipinski definition) is 1. The van der Waals surface area contributed by atoms with Crippen molar-refractivity contribution in [2.45, 2.75) is 25.3 Å². The standard InChI is InChI=1S/C14H19NO3/c1-11-5-3-4-6-12(11)15(2)14(13(16)17)7-9-18-10-8-14/h3-6H,7-10H2,1-2H3,(H,16,17). The molecular weight excluding hydrogens is 230 g/mol. The first-order valence-electron chi connectivity index (χ1n) is 6.18. The van der Waals surface area contributed by atoms with Crippen molar-refractivity contribution in [3.63, 3.8) is 0 Å². The van der Waals surface area contributed by atoms with Crippen LogP contribution in [0.2, 0.25) is 0 Å². The Morgan fingerprint density at radius 1 is 1.33 bits per heavy atom. The number of benzene rings is 1. The number of carboxylic acid groups (broad SMARTS) is 1. The van der Waals surface area contributed by atoms with E-state index in [9.17, 15) is 9.90 Å². The van der Waals surface area contributed by atoms with Gasteiger partial charge in [0.2, 0.25) is 0 Å². The van der Waals surface area contributed by atoms with Gasteiger partial charge in [0.15, 0.2) is 0 Å². The summed E-state index contributed by atoms with van der Waals surface area (Å²) in [4.78, 5) is 13.6. The van der Waals surface area contributed by atoms with Crippen LogP contribution in [0.3, 0.4) is 0 Å². The zero-order valence-electron chi connectivity index (χ0n) is 10.8. The number of likely N-dealkylation sites (N-methyl/N-ethyl adjacent to an activating group) is 1. The topological polar surface area (TPSA) is 49.8 Å². The fourth-order valence-corrected chi connectivity index (χ4v) is 2.57. The summed E-state index contributed by atoms with van der Waals surface area (Å²) in [6.07, 6.45) is 1.04. The number of carbonyl (C=O) groups is 1. The Labute approximate surface area is 107 Å². The van der Waals surface area contributed by atoms with Gasteiger partial charge in [-0.2, -0.15) is 0 Å². The van der Waals surface area contributed by atoms with E-state index < -0.39 is 11.5 Å². The van der Waals surface area contributed by atoms with Gasteiger partial charge >= 0.3 is 5.97 Å². The van der Waals surface area contributed by atoms with E-state index in [-0.39, 0.29) is 0 Å². The van der Waals surface area contributed by atoms with E-state index in [1.54, 1.807) is 0 Å². The van der Waals surface area contributed by atoms with E-state index in [0.717, 1.165) is 11.3 Å². The third-order valence-corrected chi connectivity index (χ3v) is 3.84. The lowest BCUT2D eigenvalue weighted by Gasteiger charge is -2.42. The molecule has 1 fully saturated rings. The Morgan fingerprint density at radius 2 is 1.94 bits per heavy atom. The summed E-state index contributed by atoms with van der Waals surface area (Å²) >= 11 is 0. The summed E-state index contributed by atoms with van der Waals surface area (Å²) in [5.74, 6) is -0.767. The van der Waals surface area contributed by atoms with Crippen LogP contribution in [0.25, 0.3) is 0 Å². The van der Waals surface area contributed by atoms with Crippen molar-refractivity contribution in [1.29, 1.82) is 0 Å². The van der Waals surface area contributed by atoms with E-state index >= 15 is 0 Å². The van der Waals surface area contributed by atoms with E-state index in [1.807, 2.05) is 43.1 Å². The van der Waals surface area contributed by atoms with Crippen LogP contribution in [0, 0.1) is 6.92 Å². The highest BCUT2D eigenvalue weighted by molar-refractivity contribution is 5.84. The van der Waals surface area contributed by atoms with Crippen LogP contribution >= 0.6 is 0 Å². The molecule has 1 N–H and O–H groups in total. The van der Waals surface area contributed by atoms with E-state index in [0.29, 0.717) is 26.1 Å². The Bertz CT molecular complexity index is 438. The number of nitrogens with zero attached hydrogens (tertiary/aromatic N) is 1. The normalized spacial score (nSPS) is 18.3. The van der Waals surface area contributed by atoms with Crippen LogP contribution in [0.5, 0.6) is 0 Å². The van der Waals surface area contributed by atoms with Crippen LogP contribution in [0.15, 0.2) is 24.3 Å². The van der Waals surface area contributed by atoms with Gasteiger partial charge in [-0.25, -0.2) is 4.79 Å². The van der Waals surface area contributed by atoms with E-state index in [4.69, 9.17) is 4.74 Å². The largest absolute Gasteiger partial charge is 0.479 e. The minimum atomic E-state index is -0.843. The summed E-state index contributed by atoms with van der Waals surface area (Å²) in [6, 6.07) is 7.87. The summed E-state index contributed by atoms with van der Waals surface area (Å²) in [6.45, 7) is 3.01. The first-order valence-corrected chi connectivity index (χ1v) is 6.18. The molecular formula is C14H19NO3. The average Bonchev–Trinajstić information content (AvgIpc) is 2.39. The second kappa shape index (κ2) is 4.98. The van der Waals surface area contributed by atoms with Crippen LogP contribution < -0.4 is 4.90 Å². The molecule has 1 saturated heterocycles. The lowest BCUT2D eigenvalue weighted by atomic mass is 9.87. The molecule has 0 saturated carbocycles. The SMILES string of the molecule is Cc1ccccc1N(C)C1(C(=O)O)CCOCC1. The maximum absolute atomic E-state index is 11.7. The third kappa shape index (κ3) is 2.08. The molecule has 0 atom stereocenters. The van der Waals surface area contributed by atoms with Crippen molar-refractivity contribution in [2.75, 3.05) is 25.2 Å². The van der Waals surface area contributed by atoms with Gasteiger partial charge < -0.3 is 14.7 Å². The van der Waals surface area contributed by atoms with Crippen molar-refractivity contribution in [1.82, 2.24) is 0 Å². The Balaban J connectivity index is 2.37. The van der Waals surface area contributed by atoms with Crippen molar-refractivity contribution in [3.8, 4) is 0 Å². The van der Waals surface area contributed by atoms with Crippen molar-refractivity contribution < 1.29 is 14.6 Å². The van der Waals surface area contributed by atoms with Crippen LogP contribution in [0.4, 0.5) is 5.69 Å². The van der Waals surface area contributed by atoms with Gasteiger partial charge in [-0.05, 0) is 18.6 Å². The first kappa shape index (κ1) is 12.9. The Morgan fingerprint density at radius 3 is 2.50 bits per heavy atom. The minimum absolute atomic E-state index is 0.503. The molecule has 1 aliphatic rings. The maximum atomic E-state index is 11.7. The molecule has 4 heteroatoms. The monoisotopic (exact) mass is 249 g/mol. The lowest BCUT2D eigenvalue weighted by molar-refractivity contribution is -0.147. The van der Waals surface area contributed by atoms with Crippen molar-refractivity contribution >= 4 is 11.7 Å². The Kier molecular flexibility index (Phi) is 3.57. The Hall–Kier alpha value is -1.55. The smallest absolute Gasteiger partial charge is 0.329 e. The van der Waals surface area contributed by atoms with E-state index in [1.165, 1.54) is 0 Å². The van der Waals surface area contributed by atoms with Gasteiger partial charge in [0.1, 0.15) is 5.54 Å². The number of para-hydroxylation sites is 1. The molecule has 4 nitrogen and oxygen atoms in total. The minimum Gasteiger partial charge on any atom is -0.479 e. The fraction of sp³-hybridized carbons (Fsp3) is 0.500. The van der Waals surface area contributed by atoms with Crippen molar-refractivity contribution in [2.24, 2.45) is 0 Å². The number of aryl methyl sites for hydroxylation is 1. The van der Waals surface area contributed by atoms with Crippen LogP contribution in [-0.2, 0) is 9.53 Å². The molecule has 0 radical (unpaired) electrons. The molecule has 2 rings (SSSR count). The zero-order valence-corrected chi connectivity index (χ0v) is 10.8. The summed E-state index contributed by atoms with van der Waals surface area (Å²) in [5.41, 5.74) is 1.22. The zero-order chi connectivity index (χ0) is 13.2. The maximum Gasteiger partial charge on any atom is 0.329 e. The number of carboxylic acids is 1. The van der Waals surface area contributed by atoms with Gasteiger partial charge in [0.25, 0.3) is 0 Å². The number of aliphatic carboxylic acids is 1. The highest BCUT2D eigenvalue weighted by Gasteiger charge is 2.44. The highest BCUT2D eigenvalue weighted by atomic mass is 16.5. The molecule has 1 heterocycles. The number of hydrogen-bond acceptors (Lipinski definition) is 3. The molecule has 1 aromatic carbocycles. The van der Waals surface area contributed by atoms with Crippen LogP contribution in [-0.4, -0.2) is 36.9 Å². The van der Waals surface area contributed by atoms with Gasteiger partial charge in [0, 0.05) is 38.8 Å². The van der Waals surface area contributed by atoms with E-state index in [2.05, 4.69) is 0 Å². The molecule has 0 bridgehead atoms. The molecule has 1 aromatic rings. The molecule has 0 aliphatic carbocycles. The summed E-state index contributed by atoms with van der Waals surface area (Å²) in [5, 5.41) is 9.61. The van der Waals surface area contributed by atoms with Crippen molar-refractivity contribution in [3.05, 3.63) is 29.8 Å². The van der Waals surface area contributed by atoms with Gasteiger partial charge in [-0.15, -0.1) is 0 Å². The molecule has 0 aromatic heterocycles. The summed E-state index contributed by atoms with van der Waals surface area (Å²) < 4.78 is 5.30. The number of rotatable bonds is 3. The molecule has 0 amide bonds.